The van der Waals surface area contributed by atoms with Crippen molar-refractivity contribution in [3.63, 3.8) is 0 Å². The summed E-state index contributed by atoms with van der Waals surface area (Å²) in [5, 5.41) is 6.87. The molecular formula is C14H21ClN2O2. The zero-order valence-electron chi connectivity index (χ0n) is 11.6. The van der Waals surface area contributed by atoms with Crippen molar-refractivity contribution in [2.24, 2.45) is 0 Å². The number of rotatable bonds is 6. The van der Waals surface area contributed by atoms with E-state index in [0.717, 1.165) is 10.6 Å². The maximum atomic E-state index is 11.4. The molecule has 0 spiro atoms. The van der Waals surface area contributed by atoms with Crippen LogP contribution in [0.2, 0.25) is 5.02 Å². The number of carbonyl (C=O) groups excluding carboxylic acids is 1. The summed E-state index contributed by atoms with van der Waals surface area (Å²) in [4.78, 5) is 11.4. The number of nitrogens with one attached hydrogen (secondary N) is 2. The van der Waals surface area contributed by atoms with Crippen LogP contribution >= 0.6 is 11.6 Å². The van der Waals surface area contributed by atoms with Gasteiger partial charge in [0.15, 0.2) is 0 Å². The van der Waals surface area contributed by atoms with Gasteiger partial charge in [0.1, 0.15) is 5.60 Å². The fourth-order valence-electron chi connectivity index (χ4n) is 1.48. The molecule has 0 aromatic heterocycles. The molecule has 0 aliphatic heterocycles. The van der Waals surface area contributed by atoms with Gasteiger partial charge in [-0.25, -0.2) is 0 Å². The van der Waals surface area contributed by atoms with E-state index in [1.165, 1.54) is 0 Å². The first-order chi connectivity index (χ1) is 8.87. The number of esters is 1. The average molecular weight is 285 g/mol. The van der Waals surface area contributed by atoms with Crippen molar-refractivity contribution in [2.75, 3.05) is 13.2 Å². The minimum absolute atomic E-state index is 0.194. The van der Waals surface area contributed by atoms with Crippen molar-refractivity contribution in [1.29, 1.82) is 0 Å². The fourth-order valence-corrected chi connectivity index (χ4v) is 1.70. The maximum absolute atomic E-state index is 11.4. The maximum Gasteiger partial charge on any atom is 0.320 e. The molecule has 0 aliphatic rings. The van der Waals surface area contributed by atoms with Crippen LogP contribution in [0, 0.1) is 0 Å². The third-order valence-corrected chi connectivity index (χ3v) is 2.39. The van der Waals surface area contributed by atoms with Crippen molar-refractivity contribution in [3.05, 3.63) is 34.9 Å². The summed E-state index contributed by atoms with van der Waals surface area (Å²) in [7, 11) is 0. The van der Waals surface area contributed by atoms with Crippen molar-refractivity contribution in [2.45, 2.75) is 32.9 Å². The normalized spacial score (nSPS) is 11.4. The van der Waals surface area contributed by atoms with Gasteiger partial charge in [-0.15, -0.1) is 0 Å². The average Bonchev–Trinajstić information content (AvgIpc) is 2.26. The summed E-state index contributed by atoms with van der Waals surface area (Å²) in [6, 6.07) is 7.65. The van der Waals surface area contributed by atoms with E-state index < -0.39 is 5.60 Å². The van der Waals surface area contributed by atoms with Gasteiger partial charge in [-0.05, 0) is 38.5 Å². The quantitative estimate of drug-likeness (QED) is 0.478. The van der Waals surface area contributed by atoms with Gasteiger partial charge in [-0.1, -0.05) is 23.7 Å². The molecule has 5 heteroatoms. The second-order valence-electron chi connectivity index (χ2n) is 5.25. The van der Waals surface area contributed by atoms with E-state index in [9.17, 15) is 4.79 Å². The Morgan fingerprint density at radius 2 is 2.05 bits per heavy atom. The lowest BCUT2D eigenvalue weighted by atomic mass is 10.2. The monoisotopic (exact) mass is 284 g/mol. The molecule has 0 amide bonds. The number of ether oxygens (including phenoxy) is 1. The van der Waals surface area contributed by atoms with Gasteiger partial charge >= 0.3 is 5.97 Å². The van der Waals surface area contributed by atoms with Crippen LogP contribution in [-0.2, 0) is 16.1 Å². The Bertz CT molecular complexity index is 416. The van der Waals surface area contributed by atoms with E-state index >= 15 is 0 Å². The van der Waals surface area contributed by atoms with E-state index in [-0.39, 0.29) is 12.5 Å². The zero-order chi connectivity index (χ0) is 14.3. The molecule has 0 atom stereocenters. The first-order valence-electron chi connectivity index (χ1n) is 6.24. The fraction of sp³-hybridized carbons (Fsp3) is 0.500. The molecule has 0 unspecified atom stereocenters. The SMILES string of the molecule is CC(C)(C)OC(=O)CNCNCc1cccc(Cl)c1. The van der Waals surface area contributed by atoms with Crippen LogP contribution in [0.15, 0.2) is 24.3 Å². The molecule has 0 fully saturated rings. The lowest BCUT2D eigenvalue weighted by molar-refractivity contribution is -0.153. The highest BCUT2D eigenvalue weighted by atomic mass is 35.5. The molecule has 0 heterocycles. The Morgan fingerprint density at radius 3 is 2.68 bits per heavy atom. The number of carbonyl (C=O) groups is 1. The van der Waals surface area contributed by atoms with Crippen LogP contribution in [0.4, 0.5) is 0 Å². The van der Waals surface area contributed by atoms with Gasteiger partial charge < -0.3 is 10.1 Å². The van der Waals surface area contributed by atoms with Crippen LogP contribution in [0.5, 0.6) is 0 Å². The minimum atomic E-state index is -0.438. The predicted molar refractivity (Wildman–Crippen MR) is 77.0 cm³/mol. The number of halogens is 1. The summed E-state index contributed by atoms with van der Waals surface area (Å²) < 4.78 is 5.17. The minimum Gasteiger partial charge on any atom is -0.459 e. The molecule has 0 saturated heterocycles. The Balaban J connectivity index is 2.13. The Labute approximate surface area is 119 Å². The molecule has 2 N–H and O–H groups in total. The standard InChI is InChI=1S/C14H21ClN2O2/c1-14(2,3)19-13(18)9-17-10-16-8-11-5-4-6-12(15)7-11/h4-7,16-17H,8-10H2,1-3H3. The highest BCUT2D eigenvalue weighted by Crippen LogP contribution is 2.10. The second-order valence-corrected chi connectivity index (χ2v) is 5.68. The first-order valence-corrected chi connectivity index (χ1v) is 6.62. The van der Waals surface area contributed by atoms with Crippen LogP contribution in [0.3, 0.4) is 0 Å². The lowest BCUT2D eigenvalue weighted by Crippen LogP contribution is -2.36. The van der Waals surface area contributed by atoms with Crippen molar-refractivity contribution in [3.8, 4) is 0 Å². The molecule has 106 valence electrons. The van der Waals surface area contributed by atoms with Crippen LogP contribution < -0.4 is 10.6 Å². The van der Waals surface area contributed by atoms with Crippen molar-refractivity contribution < 1.29 is 9.53 Å². The molecule has 1 rings (SSSR count). The van der Waals surface area contributed by atoms with Crippen molar-refractivity contribution in [1.82, 2.24) is 10.6 Å². The highest BCUT2D eigenvalue weighted by Gasteiger charge is 2.15. The van der Waals surface area contributed by atoms with E-state index in [2.05, 4.69) is 10.6 Å². The third-order valence-electron chi connectivity index (χ3n) is 2.16. The number of hydrogen-bond acceptors (Lipinski definition) is 4. The van der Waals surface area contributed by atoms with Gasteiger partial charge in [0, 0.05) is 18.2 Å². The Hall–Kier alpha value is -1.10. The molecule has 1 aromatic rings. The van der Waals surface area contributed by atoms with Gasteiger partial charge in [0.05, 0.1) is 6.54 Å². The van der Waals surface area contributed by atoms with Crippen LogP contribution in [0.25, 0.3) is 0 Å². The topological polar surface area (TPSA) is 50.4 Å². The summed E-state index contributed by atoms with van der Waals surface area (Å²) in [5.74, 6) is -0.253. The zero-order valence-corrected chi connectivity index (χ0v) is 12.4. The van der Waals surface area contributed by atoms with Crippen molar-refractivity contribution >= 4 is 17.6 Å². The second kappa shape index (κ2) is 7.48. The smallest absolute Gasteiger partial charge is 0.320 e. The van der Waals surface area contributed by atoms with Gasteiger partial charge in [0.25, 0.3) is 0 Å². The van der Waals surface area contributed by atoms with Gasteiger partial charge in [-0.3, -0.25) is 10.1 Å². The molecular weight excluding hydrogens is 264 g/mol. The molecule has 0 radical (unpaired) electrons. The molecule has 4 nitrogen and oxygen atoms in total. The van der Waals surface area contributed by atoms with Gasteiger partial charge in [0.2, 0.25) is 0 Å². The third kappa shape index (κ3) is 7.82. The van der Waals surface area contributed by atoms with E-state index in [1.807, 2.05) is 45.0 Å². The molecule has 19 heavy (non-hydrogen) atoms. The molecule has 0 bridgehead atoms. The molecule has 1 aromatic carbocycles. The van der Waals surface area contributed by atoms with E-state index in [4.69, 9.17) is 16.3 Å². The van der Waals surface area contributed by atoms with Crippen LogP contribution in [-0.4, -0.2) is 24.8 Å². The molecule has 0 saturated carbocycles. The van der Waals surface area contributed by atoms with Gasteiger partial charge in [-0.2, -0.15) is 0 Å². The summed E-state index contributed by atoms with van der Waals surface area (Å²) >= 11 is 5.88. The predicted octanol–water partition coefficient (Wildman–Crippen LogP) is 2.32. The van der Waals surface area contributed by atoms with E-state index in [1.54, 1.807) is 0 Å². The summed E-state index contributed by atoms with van der Waals surface area (Å²) in [5.41, 5.74) is 0.666. The summed E-state index contributed by atoms with van der Waals surface area (Å²) in [6.45, 7) is 6.97. The molecule has 0 aliphatic carbocycles. The Kier molecular flexibility index (Phi) is 6.28. The Morgan fingerprint density at radius 1 is 1.32 bits per heavy atom. The lowest BCUT2D eigenvalue weighted by Gasteiger charge is -2.19. The van der Waals surface area contributed by atoms with E-state index in [0.29, 0.717) is 13.2 Å². The number of benzene rings is 1. The summed E-state index contributed by atoms with van der Waals surface area (Å²) in [6.07, 6.45) is 0. The number of hydrogen-bond donors (Lipinski definition) is 2. The largest absolute Gasteiger partial charge is 0.459 e. The van der Waals surface area contributed by atoms with Crippen LogP contribution in [0.1, 0.15) is 26.3 Å². The first kappa shape index (κ1) is 16.0. The highest BCUT2D eigenvalue weighted by molar-refractivity contribution is 6.30.